The van der Waals surface area contributed by atoms with Gasteiger partial charge in [-0.2, -0.15) is 0 Å². The summed E-state index contributed by atoms with van der Waals surface area (Å²) >= 11 is 0. The monoisotopic (exact) mass is 155 g/mol. The molecule has 1 aliphatic carbocycles. The first-order valence-electron chi connectivity index (χ1n) is 4.66. The van der Waals surface area contributed by atoms with Crippen LogP contribution in [0.3, 0.4) is 0 Å². The fraction of sp³-hybridized carbons (Fsp3) is 1.00. The van der Waals surface area contributed by atoms with Crippen LogP contribution in [0.4, 0.5) is 0 Å². The van der Waals surface area contributed by atoms with Crippen molar-refractivity contribution in [3.63, 3.8) is 0 Å². The fourth-order valence-corrected chi connectivity index (χ4v) is 2.29. The lowest BCUT2D eigenvalue weighted by Gasteiger charge is -2.24. The molecular formula is C9H17NO. The Hall–Kier alpha value is -0.0800. The first-order chi connectivity index (χ1) is 5.29. The second-order valence-electron chi connectivity index (χ2n) is 3.94. The largest absolute Gasteiger partial charge is 0.361 e. The minimum absolute atomic E-state index is 0.567. The molecule has 1 saturated carbocycles. The van der Waals surface area contributed by atoms with Gasteiger partial charge in [0.25, 0.3) is 0 Å². The van der Waals surface area contributed by atoms with Crippen LogP contribution in [-0.4, -0.2) is 29.8 Å². The van der Waals surface area contributed by atoms with Crippen LogP contribution < -0.4 is 0 Å². The number of hydrogen-bond acceptors (Lipinski definition) is 2. The molecule has 2 heteroatoms. The average molecular weight is 155 g/mol. The van der Waals surface area contributed by atoms with Gasteiger partial charge in [-0.3, -0.25) is 4.90 Å². The Labute approximate surface area is 68.5 Å². The molecule has 1 saturated heterocycles. The summed E-state index contributed by atoms with van der Waals surface area (Å²) in [5.41, 5.74) is 0. The van der Waals surface area contributed by atoms with Crippen molar-refractivity contribution in [1.82, 2.24) is 4.90 Å². The standard InChI is InChI=1S/C9H17NO/c1-7(2)10-6-11-9-5-3-4-8(9)10/h7-9H,3-6H2,1-2H3/t8-,9+/m1/s1. The zero-order valence-corrected chi connectivity index (χ0v) is 7.42. The molecule has 0 radical (unpaired) electrons. The van der Waals surface area contributed by atoms with Crippen molar-refractivity contribution in [2.45, 2.75) is 51.3 Å². The normalized spacial score (nSPS) is 38.5. The molecule has 64 valence electrons. The smallest absolute Gasteiger partial charge is 0.1000 e. The van der Waals surface area contributed by atoms with E-state index in [0.717, 1.165) is 12.8 Å². The van der Waals surface area contributed by atoms with E-state index in [9.17, 15) is 0 Å². The molecular weight excluding hydrogens is 138 g/mol. The Bertz CT molecular complexity index is 146. The summed E-state index contributed by atoms with van der Waals surface area (Å²) in [6, 6.07) is 1.40. The van der Waals surface area contributed by atoms with Crippen molar-refractivity contribution in [2.24, 2.45) is 0 Å². The zero-order chi connectivity index (χ0) is 7.84. The molecule has 11 heavy (non-hydrogen) atoms. The molecule has 2 nitrogen and oxygen atoms in total. The van der Waals surface area contributed by atoms with E-state index in [4.69, 9.17) is 4.74 Å². The van der Waals surface area contributed by atoms with Crippen LogP contribution in [0.5, 0.6) is 0 Å². The summed E-state index contributed by atoms with van der Waals surface area (Å²) in [5, 5.41) is 0. The van der Waals surface area contributed by atoms with Crippen molar-refractivity contribution in [1.29, 1.82) is 0 Å². The van der Waals surface area contributed by atoms with Crippen LogP contribution in [0.25, 0.3) is 0 Å². The van der Waals surface area contributed by atoms with Crippen LogP contribution >= 0.6 is 0 Å². The van der Waals surface area contributed by atoms with Gasteiger partial charge in [0.15, 0.2) is 0 Å². The maximum atomic E-state index is 5.68. The average Bonchev–Trinajstić information content (AvgIpc) is 2.41. The molecule has 2 atom stereocenters. The number of hydrogen-bond donors (Lipinski definition) is 0. The van der Waals surface area contributed by atoms with E-state index in [-0.39, 0.29) is 0 Å². The summed E-state index contributed by atoms with van der Waals surface area (Å²) < 4.78 is 5.68. The van der Waals surface area contributed by atoms with Crippen molar-refractivity contribution >= 4 is 0 Å². The van der Waals surface area contributed by atoms with E-state index in [1.165, 1.54) is 19.3 Å². The Morgan fingerprint density at radius 1 is 1.36 bits per heavy atom. The van der Waals surface area contributed by atoms with Crippen molar-refractivity contribution in [2.75, 3.05) is 6.73 Å². The zero-order valence-electron chi connectivity index (χ0n) is 7.42. The van der Waals surface area contributed by atoms with Gasteiger partial charge in [0.1, 0.15) is 0 Å². The van der Waals surface area contributed by atoms with Crippen LogP contribution in [0.2, 0.25) is 0 Å². The van der Waals surface area contributed by atoms with Gasteiger partial charge in [0.2, 0.25) is 0 Å². The van der Waals surface area contributed by atoms with E-state index in [2.05, 4.69) is 18.7 Å². The highest BCUT2D eigenvalue weighted by Gasteiger charge is 2.39. The third kappa shape index (κ3) is 1.18. The fourth-order valence-electron chi connectivity index (χ4n) is 2.29. The molecule has 0 spiro atoms. The first kappa shape index (κ1) is 7.56. The number of fused-ring (bicyclic) bond motifs is 1. The molecule has 2 fully saturated rings. The molecule has 1 aliphatic heterocycles. The highest BCUT2D eigenvalue weighted by Crippen LogP contribution is 2.32. The number of rotatable bonds is 1. The predicted octanol–water partition coefficient (Wildman–Crippen LogP) is 1.61. The summed E-state index contributed by atoms with van der Waals surface area (Å²) in [4.78, 5) is 2.48. The van der Waals surface area contributed by atoms with Crippen molar-refractivity contribution in [3.05, 3.63) is 0 Å². The Morgan fingerprint density at radius 3 is 2.91 bits per heavy atom. The minimum Gasteiger partial charge on any atom is -0.361 e. The highest BCUT2D eigenvalue weighted by molar-refractivity contribution is 4.90. The second-order valence-corrected chi connectivity index (χ2v) is 3.94. The Morgan fingerprint density at radius 2 is 2.18 bits per heavy atom. The van der Waals surface area contributed by atoms with Crippen LogP contribution in [0.15, 0.2) is 0 Å². The molecule has 0 amide bonds. The molecule has 0 aromatic rings. The quantitative estimate of drug-likeness (QED) is 0.570. The second kappa shape index (κ2) is 2.76. The molecule has 2 aliphatic rings. The topological polar surface area (TPSA) is 12.5 Å². The predicted molar refractivity (Wildman–Crippen MR) is 44.4 cm³/mol. The number of nitrogens with zero attached hydrogens (tertiary/aromatic N) is 1. The Kier molecular flexibility index (Phi) is 1.90. The van der Waals surface area contributed by atoms with Gasteiger partial charge in [-0.05, 0) is 33.1 Å². The maximum Gasteiger partial charge on any atom is 0.1000 e. The van der Waals surface area contributed by atoms with Crippen LogP contribution in [0.1, 0.15) is 33.1 Å². The SMILES string of the molecule is CC(C)N1CO[C@H]2CCC[C@H]21. The molecule has 0 N–H and O–H groups in total. The van der Waals surface area contributed by atoms with E-state index >= 15 is 0 Å². The number of ether oxygens (including phenoxy) is 1. The van der Waals surface area contributed by atoms with Gasteiger partial charge in [0, 0.05) is 12.1 Å². The van der Waals surface area contributed by atoms with E-state index in [1.54, 1.807) is 0 Å². The molecule has 0 aromatic carbocycles. The van der Waals surface area contributed by atoms with Gasteiger partial charge >= 0.3 is 0 Å². The third-order valence-electron chi connectivity index (χ3n) is 2.94. The minimum atomic E-state index is 0.567. The van der Waals surface area contributed by atoms with Gasteiger partial charge < -0.3 is 4.74 Å². The third-order valence-corrected chi connectivity index (χ3v) is 2.94. The molecule has 2 rings (SSSR count). The Balaban J connectivity index is 2.03. The van der Waals surface area contributed by atoms with Crippen molar-refractivity contribution < 1.29 is 4.74 Å². The van der Waals surface area contributed by atoms with Crippen LogP contribution in [0, 0.1) is 0 Å². The summed E-state index contributed by atoms with van der Waals surface area (Å²) in [6.45, 7) is 5.38. The lowest BCUT2D eigenvalue weighted by molar-refractivity contribution is 0.0774. The van der Waals surface area contributed by atoms with E-state index < -0.39 is 0 Å². The van der Waals surface area contributed by atoms with Gasteiger partial charge in [-0.1, -0.05) is 0 Å². The molecule has 0 unspecified atom stereocenters. The summed E-state index contributed by atoms with van der Waals surface area (Å²) in [5.74, 6) is 0. The van der Waals surface area contributed by atoms with Crippen LogP contribution in [-0.2, 0) is 4.74 Å². The lowest BCUT2D eigenvalue weighted by Crippen LogP contribution is -2.36. The van der Waals surface area contributed by atoms with E-state index in [0.29, 0.717) is 12.1 Å². The highest BCUT2D eigenvalue weighted by atomic mass is 16.5. The lowest BCUT2D eigenvalue weighted by atomic mass is 10.2. The summed E-state index contributed by atoms with van der Waals surface area (Å²) in [6.07, 6.45) is 4.56. The van der Waals surface area contributed by atoms with Gasteiger partial charge in [-0.15, -0.1) is 0 Å². The van der Waals surface area contributed by atoms with Gasteiger partial charge in [0.05, 0.1) is 12.8 Å². The van der Waals surface area contributed by atoms with Gasteiger partial charge in [-0.25, -0.2) is 0 Å². The maximum absolute atomic E-state index is 5.68. The van der Waals surface area contributed by atoms with Crippen molar-refractivity contribution in [3.8, 4) is 0 Å². The molecule has 0 bridgehead atoms. The van der Waals surface area contributed by atoms with E-state index in [1.807, 2.05) is 0 Å². The first-order valence-corrected chi connectivity index (χ1v) is 4.66. The summed E-state index contributed by atoms with van der Waals surface area (Å²) in [7, 11) is 0. The molecule has 0 aromatic heterocycles. The molecule has 1 heterocycles.